The highest BCUT2D eigenvalue weighted by molar-refractivity contribution is 4.84. The van der Waals surface area contributed by atoms with Crippen LogP contribution in [0.5, 0.6) is 0 Å². The molecule has 0 aliphatic carbocycles. The van der Waals surface area contributed by atoms with Gasteiger partial charge in [-0.2, -0.15) is 0 Å². The number of hydrogen-bond acceptors (Lipinski definition) is 0. The molecule has 0 bridgehead atoms. The molecular formula is C9H15. The minimum Gasteiger partial charge on any atom is -0.0953 e. The van der Waals surface area contributed by atoms with Crippen LogP contribution in [-0.4, -0.2) is 0 Å². The summed E-state index contributed by atoms with van der Waals surface area (Å²) in [5.74, 6) is 0.507. The van der Waals surface area contributed by atoms with Crippen LogP contribution in [0.25, 0.3) is 0 Å². The van der Waals surface area contributed by atoms with Gasteiger partial charge >= 0.3 is 0 Å². The Kier molecular flexibility index (Phi) is 5.29. The average molecular weight is 123 g/mol. The third-order valence-electron chi connectivity index (χ3n) is 1.24. The van der Waals surface area contributed by atoms with Crippen molar-refractivity contribution < 1.29 is 0 Å². The van der Waals surface area contributed by atoms with Crippen molar-refractivity contribution >= 4 is 0 Å². The molecule has 0 aromatic carbocycles. The molecule has 0 aromatic rings. The van der Waals surface area contributed by atoms with Crippen molar-refractivity contribution in [1.29, 1.82) is 0 Å². The monoisotopic (exact) mass is 123 g/mol. The molecule has 0 aliphatic heterocycles. The van der Waals surface area contributed by atoms with Gasteiger partial charge in [-0.25, -0.2) is 0 Å². The molecule has 9 heavy (non-hydrogen) atoms. The molecule has 1 radical (unpaired) electrons. The Bertz CT molecular complexity index is 90.2. The summed E-state index contributed by atoms with van der Waals surface area (Å²) in [6.45, 7) is 7.84. The van der Waals surface area contributed by atoms with E-state index in [2.05, 4.69) is 38.7 Å². The van der Waals surface area contributed by atoms with Crippen LogP contribution in [0, 0.1) is 12.0 Å². The molecule has 0 N–H and O–H groups in total. The summed E-state index contributed by atoms with van der Waals surface area (Å²) < 4.78 is 0. The molecule has 0 aliphatic rings. The Morgan fingerprint density at radius 2 is 2.22 bits per heavy atom. The van der Waals surface area contributed by atoms with Gasteiger partial charge in [0.05, 0.1) is 0 Å². The molecule has 0 aromatic heterocycles. The maximum absolute atomic E-state index is 3.58. The third kappa shape index (κ3) is 5.35. The van der Waals surface area contributed by atoms with Crippen molar-refractivity contribution in [2.45, 2.75) is 26.7 Å². The van der Waals surface area contributed by atoms with E-state index in [9.17, 15) is 0 Å². The SMILES string of the molecule is C=[C]C(C)CC=CCC. The van der Waals surface area contributed by atoms with Crippen LogP contribution in [0.3, 0.4) is 0 Å². The van der Waals surface area contributed by atoms with Crippen molar-refractivity contribution in [2.24, 2.45) is 5.92 Å². The van der Waals surface area contributed by atoms with Gasteiger partial charge in [-0.1, -0.05) is 32.6 Å². The molecule has 0 saturated heterocycles. The summed E-state index contributed by atoms with van der Waals surface area (Å²) >= 11 is 0. The van der Waals surface area contributed by atoms with Crippen molar-refractivity contribution in [1.82, 2.24) is 0 Å². The van der Waals surface area contributed by atoms with Crippen LogP contribution in [0.2, 0.25) is 0 Å². The van der Waals surface area contributed by atoms with Gasteiger partial charge in [-0.15, -0.1) is 0 Å². The van der Waals surface area contributed by atoms with Gasteiger partial charge in [0.15, 0.2) is 0 Å². The van der Waals surface area contributed by atoms with Crippen LogP contribution in [0.15, 0.2) is 18.7 Å². The Morgan fingerprint density at radius 1 is 1.56 bits per heavy atom. The maximum atomic E-state index is 3.58. The Hall–Kier alpha value is -0.520. The molecule has 0 fully saturated rings. The molecule has 0 saturated carbocycles. The van der Waals surface area contributed by atoms with Crippen LogP contribution in [0.1, 0.15) is 26.7 Å². The van der Waals surface area contributed by atoms with Crippen molar-refractivity contribution in [3.05, 3.63) is 24.8 Å². The number of allylic oxidation sites excluding steroid dienone is 3. The van der Waals surface area contributed by atoms with E-state index < -0.39 is 0 Å². The van der Waals surface area contributed by atoms with E-state index in [1.54, 1.807) is 0 Å². The Morgan fingerprint density at radius 3 is 2.67 bits per heavy atom. The van der Waals surface area contributed by atoms with Gasteiger partial charge in [-0.3, -0.25) is 0 Å². The molecule has 51 valence electrons. The summed E-state index contributed by atoms with van der Waals surface area (Å²) in [4.78, 5) is 0. The second-order valence-corrected chi connectivity index (χ2v) is 2.22. The summed E-state index contributed by atoms with van der Waals surface area (Å²) in [6, 6.07) is 0. The molecule has 1 atom stereocenters. The Labute approximate surface area is 58.3 Å². The lowest BCUT2D eigenvalue weighted by molar-refractivity contribution is 0.724. The van der Waals surface area contributed by atoms with Gasteiger partial charge < -0.3 is 0 Å². The first kappa shape index (κ1) is 8.48. The Balaban J connectivity index is 3.25. The largest absolute Gasteiger partial charge is 0.0953 e. The smallest absolute Gasteiger partial charge is 0.0159 e. The zero-order valence-electron chi connectivity index (χ0n) is 6.35. The molecule has 0 nitrogen and oxygen atoms in total. The van der Waals surface area contributed by atoms with Crippen molar-refractivity contribution in [2.75, 3.05) is 0 Å². The van der Waals surface area contributed by atoms with Gasteiger partial charge in [-0.05, 0) is 24.8 Å². The first-order chi connectivity index (χ1) is 4.31. The fraction of sp³-hybridized carbons (Fsp3) is 0.556. The molecule has 0 spiro atoms. The lowest BCUT2D eigenvalue weighted by atomic mass is 10.1. The highest BCUT2D eigenvalue weighted by atomic mass is 13.9. The predicted octanol–water partition coefficient (Wildman–Crippen LogP) is 2.97. The normalized spacial score (nSPS) is 14.0. The van der Waals surface area contributed by atoms with E-state index in [1.807, 2.05) is 0 Å². The van der Waals surface area contributed by atoms with Gasteiger partial charge in [0, 0.05) is 0 Å². The molecule has 1 unspecified atom stereocenters. The van der Waals surface area contributed by atoms with E-state index in [-0.39, 0.29) is 0 Å². The molecule has 0 heterocycles. The summed E-state index contributed by atoms with van der Waals surface area (Å²) in [5, 5.41) is 0. The lowest BCUT2D eigenvalue weighted by Gasteiger charge is -1.96. The van der Waals surface area contributed by atoms with Gasteiger partial charge in [0.1, 0.15) is 0 Å². The van der Waals surface area contributed by atoms with E-state index in [1.165, 1.54) is 0 Å². The average Bonchev–Trinajstić information content (AvgIpc) is 1.89. The molecule has 0 amide bonds. The fourth-order valence-corrected chi connectivity index (χ4v) is 0.550. The summed E-state index contributed by atoms with van der Waals surface area (Å²) in [7, 11) is 0. The summed E-state index contributed by atoms with van der Waals surface area (Å²) in [6.07, 6.45) is 9.49. The number of rotatable bonds is 4. The third-order valence-corrected chi connectivity index (χ3v) is 1.24. The first-order valence-electron chi connectivity index (χ1n) is 3.48. The molecule has 0 rings (SSSR count). The zero-order chi connectivity index (χ0) is 7.11. The van der Waals surface area contributed by atoms with Crippen LogP contribution < -0.4 is 0 Å². The second kappa shape index (κ2) is 5.61. The second-order valence-electron chi connectivity index (χ2n) is 2.22. The zero-order valence-corrected chi connectivity index (χ0v) is 6.35. The van der Waals surface area contributed by atoms with Gasteiger partial charge in [0.25, 0.3) is 0 Å². The van der Waals surface area contributed by atoms with Crippen molar-refractivity contribution in [3.63, 3.8) is 0 Å². The number of hydrogen-bond donors (Lipinski definition) is 0. The molecular weight excluding hydrogens is 108 g/mol. The van der Waals surface area contributed by atoms with E-state index in [0.29, 0.717) is 5.92 Å². The van der Waals surface area contributed by atoms with Crippen molar-refractivity contribution in [3.8, 4) is 0 Å². The molecule has 0 heteroatoms. The van der Waals surface area contributed by atoms with Crippen LogP contribution in [0.4, 0.5) is 0 Å². The maximum Gasteiger partial charge on any atom is -0.0159 e. The highest BCUT2D eigenvalue weighted by Gasteiger charge is 1.88. The minimum absolute atomic E-state index is 0.507. The van der Waals surface area contributed by atoms with Gasteiger partial charge in [0.2, 0.25) is 0 Å². The highest BCUT2D eigenvalue weighted by Crippen LogP contribution is 2.01. The quantitative estimate of drug-likeness (QED) is 0.504. The predicted molar refractivity (Wildman–Crippen MR) is 42.1 cm³/mol. The topological polar surface area (TPSA) is 0 Å². The van der Waals surface area contributed by atoms with Crippen LogP contribution >= 0.6 is 0 Å². The van der Waals surface area contributed by atoms with E-state index in [0.717, 1.165) is 12.8 Å². The standard InChI is InChI=1S/C9H15/c1-4-6-7-8-9(3)5-2/h6-7,9H,2,4,8H2,1,3H3. The lowest BCUT2D eigenvalue weighted by Crippen LogP contribution is -1.84. The fourth-order valence-electron chi connectivity index (χ4n) is 0.550. The van der Waals surface area contributed by atoms with E-state index >= 15 is 0 Å². The van der Waals surface area contributed by atoms with E-state index in [4.69, 9.17) is 0 Å². The first-order valence-corrected chi connectivity index (χ1v) is 3.48. The minimum atomic E-state index is 0.507. The summed E-state index contributed by atoms with van der Waals surface area (Å²) in [5.41, 5.74) is 0. The van der Waals surface area contributed by atoms with Crippen LogP contribution in [-0.2, 0) is 0 Å².